The highest BCUT2D eigenvalue weighted by Crippen LogP contribution is 2.07. The van der Waals surface area contributed by atoms with Crippen LogP contribution in [0.4, 0.5) is 0 Å². The first-order valence-corrected chi connectivity index (χ1v) is 8.14. The molecule has 1 heterocycles. The minimum absolute atomic E-state index is 0.826. The third kappa shape index (κ3) is 2.90. The molecule has 1 aliphatic heterocycles. The van der Waals surface area contributed by atoms with Gasteiger partial charge >= 0.3 is 6.48 Å². The van der Waals surface area contributed by atoms with Crippen LogP contribution in [0, 0.1) is 0 Å². The molecule has 3 heteroatoms. The number of nitrogens with two attached hydrogens (primary N) is 1. The van der Waals surface area contributed by atoms with Crippen LogP contribution >= 0.6 is 0 Å². The van der Waals surface area contributed by atoms with E-state index in [1.165, 1.54) is 35.8 Å². The van der Waals surface area contributed by atoms with Gasteiger partial charge in [-0.2, -0.15) is 0 Å². The van der Waals surface area contributed by atoms with Crippen molar-refractivity contribution >= 4 is 17.4 Å². The molecule has 1 atom stereocenters. The number of quaternary nitrogens is 1. The minimum Gasteiger partial charge on any atom is -0.528 e. The fraction of sp³-hybridized carbons (Fsp3) is 0.333. The van der Waals surface area contributed by atoms with E-state index in [2.05, 4.69) is 66.7 Å². The lowest BCUT2D eigenvalue weighted by atomic mass is 9.42. The molecule has 2 nitrogen and oxygen atoms in total. The summed E-state index contributed by atoms with van der Waals surface area (Å²) in [5.41, 5.74) is 4.02. The number of rotatable bonds is 5. The summed E-state index contributed by atoms with van der Waals surface area (Å²) in [6.45, 7) is 2.97. The Balaban J connectivity index is 1.91. The lowest BCUT2D eigenvalue weighted by Gasteiger charge is -2.31. The Bertz CT molecular complexity index is 562. The zero-order chi connectivity index (χ0) is 14.5. The smallest absolute Gasteiger partial charge is 0.388 e. The maximum atomic E-state index is 6.24. The molecule has 110 valence electrons. The first-order valence-electron chi connectivity index (χ1n) is 8.14. The molecule has 0 radical (unpaired) electrons. The molecule has 1 unspecified atom stereocenters. The van der Waals surface area contributed by atoms with Crippen LogP contribution < -0.4 is 16.2 Å². The van der Waals surface area contributed by atoms with Gasteiger partial charge in [0.05, 0.1) is 13.2 Å². The Morgan fingerprint density at radius 2 is 1.71 bits per heavy atom. The summed E-state index contributed by atoms with van der Waals surface area (Å²) >= 11 is 0. The molecule has 0 aliphatic carbocycles. The fourth-order valence-electron chi connectivity index (χ4n) is 3.37. The average Bonchev–Trinajstić information content (AvgIpc) is 3.05. The largest absolute Gasteiger partial charge is 0.528 e. The van der Waals surface area contributed by atoms with Gasteiger partial charge in [0.25, 0.3) is 0 Å². The van der Waals surface area contributed by atoms with Crippen molar-refractivity contribution in [2.45, 2.75) is 26.2 Å². The molecule has 1 saturated heterocycles. The minimum atomic E-state index is -1.12. The van der Waals surface area contributed by atoms with Gasteiger partial charge in [-0.05, 0) is 18.4 Å². The van der Waals surface area contributed by atoms with Gasteiger partial charge in [0.15, 0.2) is 0 Å². The van der Waals surface area contributed by atoms with E-state index in [1.807, 2.05) is 0 Å². The highest BCUT2D eigenvalue weighted by atomic mass is 16.5. The number of aryl methyl sites for hydroxylation is 1. The summed E-state index contributed by atoms with van der Waals surface area (Å²) < 4.78 is 6.24. The van der Waals surface area contributed by atoms with Crippen LogP contribution in [0.25, 0.3) is 0 Å². The van der Waals surface area contributed by atoms with Crippen LogP contribution in [0.3, 0.4) is 0 Å². The van der Waals surface area contributed by atoms with Gasteiger partial charge in [0.1, 0.15) is 0 Å². The second-order valence-corrected chi connectivity index (χ2v) is 6.00. The monoisotopic (exact) mass is 281 g/mol. The van der Waals surface area contributed by atoms with E-state index in [9.17, 15) is 0 Å². The van der Waals surface area contributed by atoms with Crippen molar-refractivity contribution in [2.24, 2.45) is 0 Å². The Morgan fingerprint density at radius 3 is 2.33 bits per heavy atom. The lowest BCUT2D eigenvalue weighted by Crippen LogP contribution is -3.04. The van der Waals surface area contributed by atoms with Crippen molar-refractivity contribution in [1.29, 1.82) is 0 Å². The van der Waals surface area contributed by atoms with Crippen molar-refractivity contribution < 1.29 is 9.88 Å². The van der Waals surface area contributed by atoms with Crippen molar-refractivity contribution in [1.82, 2.24) is 0 Å². The van der Waals surface area contributed by atoms with Gasteiger partial charge < -0.3 is 9.88 Å². The van der Waals surface area contributed by atoms with Crippen LogP contribution in [-0.2, 0) is 11.1 Å². The molecule has 2 N–H and O–H groups in total. The lowest BCUT2D eigenvalue weighted by molar-refractivity contribution is -0.514. The third-order valence-corrected chi connectivity index (χ3v) is 4.59. The van der Waals surface area contributed by atoms with Gasteiger partial charge in [0.2, 0.25) is 0 Å². The maximum absolute atomic E-state index is 6.24. The van der Waals surface area contributed by atoms with Crippen LogP contribution in [-0.4, -0.2) is 19.6 Å². The first-order chi connectivity index (χ1) is 10.3. The molecule has 21 heavy (non-hydrogen) atoms. The molecular weight excluding hydrogens is 257 g/mol. The Hall–Kier alpha value is -1.58. The molecule has 1 aliphatic rings. The Kier molecular flexibility index (Phi) is 4.42. The average molecular weight is 281 g/mol. The SMILES string of the molecule is CCCCc1ccc([B-]2(c3ccccc3)[NH2+]CCO2)cc1. The zero-order valence-electron chi connectivity index (χ0n) is 12.8. The van der Waals surface area contributed by atoms with E-state index in [0.29, 0.717) is 0 Å². The van der Waals surface area contributed by atoms with E-state index in [1.54, 1.807) is 0 Å². The Morgan fingerprint density at radius 1 is 1.00 bits per heavy atom. The molecule has 2 aromatic rings. The van der Waals surface area contributed by atoms with E-state index in [0.717, 1.165) is 13.2 Å². The van der Waals surface area contributed by atoms with Gasteiger partial charge in [-0.15, -0.1) is 10.9 Å². The predicted octanol–water partition coefficient (Wildman–Crippen LogP) is 1.18. The van der Waals surface area contributed by atoms with Crippen molar-refractivity contribution in [3.05, 3.63) is 60.2 Å². The summed E-state index contributed by atoms with van der Waals surface area (Å²) in [5.74, 6) is 0. The van der Waals surface area contributed by atoms with Crippen LogP contribution in [0.1, 0.15) is 25.3 Å². The summed E-state index contributed by atoms with van der Waals surface area (Å²) in [6, 6.07) is 19.7. The zero-order valence-corrected chi connectivity index (χ0v) is 12.8. The normalized spacial score (nSPS) is 21.6. The van der Waals surface area contributed by atoms with Crippen molar-refractivity contribution in [2.75, 3.05) is 13.2 Å². The molecule has 3 rings (SSSR count). The van der Waals surface area contributed by atoms with Crippen LogP contribution in [0.15, 0.2) is 54.6 Å². The molecule has 0 amide bonds. The van der Waals surface area contributed by atoms with E-state index in [4.69, 9.17) is 4.65 Å². The number of hydrogen-bond acceptors (Lipinski definition) is 1. The van der Waals surface area contributed by atoms with Gasteiger partial charge in [-0.3, -0.25) is 0 Å². The first kappa shape index (κ1) is 14.4. The van der Waals surface area contributed by atoms with Crippen molar-refractivity contribution in [3.8, 4) is 0 Å². The highest BCUT2D eigenvalue weighted by Gasteiger charge is 2.40. The summed E-state index contributed by atoms with van der Waals surface area (Å²) in [7, 11) is 0. The van der Waals surface area contributed by atoms with E-state index in [-0.39, 0.29) is 0 Å². The highest BCUT2D eigenvalue weighted by molar-refractivity contribution is 6.90. The van der Waals surface area contributed by atoms with Gasteiger partial charge in [0, 0.05) is 0 Å². The topological polar surface area (TPSA) is 25.8 Å². The maximum Gasteiger partial charge on any atom is 0.388 e. The summed E-state index contributed by atoms with van der Waals surface area (Å²) in [5, 5.41) is 2.37. The summed E-state index contributed by atoms with van der Waals surface area (Å²) in [4.78, 5) is 0. The summed E-state index contributed by atoms with van der Waals surface area (Å²) in [6.07, 6.45) is 3.68. The predicted molar refractivity (Wildman–Crippen MR) is 89.3 cm³/mol. The second-order valence-electron chi connectivity index (χ2n) is 6.00. The Labute approximate surface area is 127 Å². The number of benzene rings is 2. The second kappa shape index (κ2) is 6.46. The molecule has 1 fully saturated rings. The van der Waals surface area contributed by atoms with Crippen LogP contribution in [0.5, 0.6) is 0 Å². The number of unbranched alkanes of at least 4 members (excludes halogenated alkanes) is 1. The fourth-order valence-corrected chi connectivity index (χ4v) is 3.37. The molecule has 0 saturated carbocycles. The van der Waals surface area contributed by atoms with E-state index < -0.39 is 6.48 Å². The quantitative estimate of drug-likeness (QED) is 0.818. The molecule has 0 aromatic heterocycles. The molecule has 0 bridgehead atoms. The van der Waals surface area contributed by atoms with E-state index >= 15 is 0 Å². The van der Waals surface area contributed by atoms with Gasteiger partial charge in [-0.1, -0.05) is 67.9 Å². The molecular formula is C18H24BNO. The van der Waals surface area contributed by atoms with Gasteiger partial charge in [-0.25, -0.2) is 0 Å². The number of hydrogen-bond donors (Lipinski definition) is 1. The third-order valence-electron chi connectivity index (χ3n) is 4.59. The van der Waals surface area contributed by atoms with Crippen LogP contribution in [0.2, 0.25) is 0 Å². The molecule has 0 spiro atoms. The van der Waals surface area contributed by atoms with Crippen molar-refractivity contribution in [3.63, 3.8) is 0 Å². The molecule has 2 aromatic carbocycles. The standard InChI is InChI=1S/C18H24BNO/c1-2-3-7-16-10-12-18(13-11-16)19(20-14-15-21-19)17-8-5-4-6-9-17/h4-6,8-13H,2-3,7,14-15,20H2,1H3.